The minimum absolute atomic E-state index is 0. The van der Waals surface area contributed by atoms with Crippen LogP contribution in [0.2, 0.25) is 0 Å². The van der Waals surface area contributed by atoms with E-state index in [1.807, 2.05) is 23.5 Å². The molecule has 0 saturated heterocycles. The largest absolute Gasteiger partial charge is 0.747 e. The Balaban J connectivity index is 0.00000162. The monoisotopic (exact) mass is 318 g/mol. The fraction of sp³-hybridized carbons (Fsp3) is 0.333. The summed E-state index contributed by atoms with van der Waals surface area (Å²) in [6.45, 7) is 0. The standard InChI is InChI=1S/C15H18S2.Fe/c1(6-12-16-14-8-2-3-9-14)7-13-17-15-10-4-5-11-15;/h2-5,8-11H,1,6-7,12-13H2;/q-6;. The van der Waals surface area contributed by atoms with Crippen molar-refractivity contribution in [2.24, 2.45) is 0 Å². The molecule has 0 fully saturated rings. The van der Waals surface area contributed by atoms with Gasteiger partial charge in [0.05, 0.1) is 0 Å². The summed E-state index contributed by atoms with van der Waals surface area (Å²) in [6.07, 6.45) is 4.01. The summed E-state index contributed by atoms with van der Waals surface area (Å²) in [5, 5.41) is 0. The maximum Gasteiger partial charge on any atom is 0 e. The number of thioether (sulfide) groups is 2. The van der Waals surface area contributed by atoms with Crippen LogP contribution in [0.4, 0.5) is 0 Å². The first-order valence-electron chi connectivity index (χ1n) is 6.14. The van der Waals surface area contributed by atoms with Crippen LogP contribution in [0.15, 0.2) is 58.3 Å². The molecular formula is C15H18FeS2-6. The van der Waals surface area contributed by atoms with Crippen molar-refractivity contribution in [3.05, 3.63) is 48.5 Å². The van der Waals surface area contributed by atoms with Gasteiger partial charge < -0.3 is 40.9 Å². The molecule has 0 aliphatic rings. The van der Waals surface area contributed by atoms with E-state index in [0.29, 0.717) is 0 Å². The zero-order valence-corrected chi connectivity index (χ0v) is 13.1. The van der Waals surface area contributed by atoms with Crippen LogP contribution in [0, 0.1) is 0 Å². The van der Waals surface area contributed by atoms with Crippen molar-refractivity contribution in [1.29, 1.82) is 0 Å². The summed E-state index contributed by atoms with van der Waals surface area (Å²) in [5.41, 5.74) is 0. The predicted octanol–water partition coefficient (Wildman–Crippen LogP) is 5.18. The molecule has 0 radical (unpaired) electrons. The summed E-state index contributed by atoms with van der Waals surface area (Å²) in [7, 11) is 0. The average Bonchev–Trinajstić information content (AvgIpc) is 3.00. The normalized spacial score (nSPS) is 10.2. The molecule has 0 N–H and O–H groups in total. The first-order valence-corrected chi connectivity index (χ1v) is 8.11. The molecule has 0 atom stereocenters. The van der Waals surface area contributed by atoms with Crippen LogP contribution < -0.4 is 0 Å². The van der Waals surface area contributed by atoms with Gasteiger partial charge in [-0.15, -0.1) is 4.90 Å². The molecule has 0 aromatic heterocycles. The van der Waals surface area contributed by atoms with Crippen LogP contribution in [0.5, 0.6) is 0 Å². The second-order valence-corrected chi connectivity index (χ2v) is 6.34. The van der Waals surface area contributed by atoms with Gasteiger partial charge in [0.2, 0.25) is 0 Å². The zero-order valence-electron chi connectivity index (χ0n) is 10.3. The van der Waals surface area contributed by atoms with Gasteiger partial charge in [0.1, 0.15) is 0 Å². The van der Waals surface area contributed by atoms with E-state index in [-0.39, 0.29) is 17.1 Å². The molecule has 2 aromatic carbocycles. The second kappa shape index (κ2) is 9.80. The van der Waals surface area contributed by atoms with Crippen molar-refractivity contribution >= 4 is 23.5 Å². The molecule has 0 saturated carbocycles. The molecule has 0 spiro atoms. The molecule has 0 aliphatic carbocycles. The first kappa shape index (κ1) is 16.0. The quantitative estimate of drug-likeness (QED) is 0.285. The van der Waals surface area contributed by atoms with Crippen molar-refractivity contribution in [3.63, 3.8) is 0 Å². The summed E-state index contributed by atoms with van der Waals surface area (Å²) in [4.78, 5) is 2.83. The molecule has 0 amide bonds. The topological polar surface area (TPSA) is 0 Å². The molecule has 104 valence electrons. The van der Waals surface area contributed by atoms with E-state index < -0.39 is 0 Å². The van der Waals surface area contributed by atoms with E-state index in [4.69, 9.17) is 0 Å². The molecule has 2 rings (SSSR count). The number of rotatable bonds is 8. The van der Waals surface area contributed by atoms with Crippen molar-refractivity contribution < 1.29 is 17.1 Å². The van der Waals surface area contributed by atoms with Crippen LogP contribution in [0.1, 0.15) is 19.3 Å². The van der Waals surface area contributed by atoms with E-state index in [1.165, 1.54) is 40.6 Å². The molecule has 0 nitrogen and oxygen atoms in total. The Bertz CT molecular complexity index is 340. The fourth-order valence-electron chi connectivity index (χ4n) is 1.67. The molecule has 0 bridgehead atoms. The zero-order chi connectivity index (χ0) is 11.8. The van der Waals surface area contributed by atoms with Crippen LogP contribution in [-0.2, 0) is 17.1 Å². The number of unbranched alkanes of at least 4 members (excludes halogenated alkanes) is 2. The molecule has 0 unspecified atom stereocenters. The van der Waals surface area contributed by atoms with Crippen molar-refractivity contribution in [1.82, 2.24) is 0 Å². The molecule has 2 aromatic rings. The maximum atomic E-state index is 2.19. The minimum atomic E-state index is 0. The van der Waals surface area contributed by atoms with Gasteiger partial charge in [-0.05, 0) is 24.3 Å². The van der Waals surface area contributed by atoms with Crippen molar-refractivity contribution in [2.45, 2.75) is 29.1 Å². The summed E-state index contributed by atoms with van der Waals surface area (Å²) in [5.74, 6) is 2.51. The Kier molecular flexibility index (Phi) is 8.70. The minimum Gasteiger partial charge on any atom is -0.747 e. The van der Waals surface area contributed by atoms with Gasteiger partial charge in [-0.25, -0.2) is 12.1 Å². The average molecular weight is 318 g/mol. The van der Waals surface area contributed by atoms with Crippen molar-refractivity contribution in [2.75, 3.05) is 11.5 Å². The SMILES string of the molecule is [Fe].c1cc[c-](SCCCCCS[c-]2[cH-][cH-][cH-][cH-]2)c1. The van der Waals surface area contributed by atoms with Gasteiger partial charge in [-0.3, -0.25) is 0 Å². The van der Waals surface area contributed by atoms with Gasteiger partial charge in [0, 0.05) is 17.1 Å². The molecular weight excluding hydrogens is 300 g/mol. The Hall–Kier alpha value is -0.0805. The van der Waals surface area contributed by atoms with E-state index in [1.54, 1.807) is 0 Å². The van der Waals surface area contributed by atoms with E-state index in [0.717, 1.165) is 0 Å². The first-order chi connectivity index (χ1) is 8.45. The molecule has 0 heterocycles. The van der Waals surface area contributed by atoms with Crippen LogP contribution in [-0.4, -0.2) is 11.5 Å². The summed E-state index contributed by atoms with van der Waals surface area (Å²) >= 11 is 3.95. The Morgan fingerprint density at radius 1 is 0.833 bits per heavy atom. The third kappa shape index (κ3) is 6.19. The maximum absolute atomic E-state index is 2.19. The smallest absolute Gasteiger partial charge is 0 e. The fourth-order valence-corrected chi connectivity index (χ4v) is 3.53. The number of hydrogen-bond donors (Lipinski definition) is 0. The Morgan fingerprint density at radius 2 is 1.44 bits per heavy atom. The van der Waals surface area contributed by atoms with E-state index >= 15 is 0 Å². The van der Waals surface area contributed by atoms with Gasteiger partial charge >= 0.3 is 0 Å². The summed E-state index contributed by atoms with van der Waals surface area (Å²) < 4.78 is 0. The van der Waals surface area contributed by atoms with E-state index in [2.05, 4.69) is 48.5 Å². The third-order valence-corrected chi connectivity index (χ3v) is 4.79. The second-order valence-electron chi connectivity index (χ2n) is 4.00. The molecule has 0 aliphatic heterocycles. The van der Waals surface area contributed by atoms with Crippen LogP contribution in [0.25, 0.3) is 0 Å². The van der Waals surface area contributed by atoms with Crippen molar-refractivity contribution in [3.8, 4) is 0 Å². The van der Waals surface area contributed by atoms with Crippen LogP contribution >= 0.6 is 23.5 Å². The Morgan fingerprint density at radius 3 is 2.11 bits per heavy atom. The van der Waals surface area contributed by atoms with Crippen LogP contribution in [0.3, 0.4) is 0 Å². The van der Waals surface area contributed by atoms with Gasteiger partial charge in [0.15, 0.2) is 0 Å². The Labute approximate surface area is 129 Å². The van der Waals surface area contributed by atoms with Gasteiger partial charge in [0.25, 0.3) is 0 Å². The van der Waals surface area contributed by atoms with Gasteiger partial charge in [-0.2, -0.15) is 23.9 Å². The predicted molar refractivity (Wildman–Crippen MR) is 79.4 cm³/mol. The summed E-state index contributed by atoms with van der Waals surface area (Å²) in [6, 6.07) is 17.2. The third-order valence-electron chi connectivity index (χ3n) is 2.59. The van der Waals surface area contributed by atoms with Gasteiger partial charge in [-0.1, -0.05) is 6.42 Å². The molecule has 18 heavy (non-hydrogen) atoms. The number of hydrogen-bond acceptors (Lipinski definition) is 2. The van der Waals surface area contributed by atoms with E-state index in [9.17, 15) is 0 Å². The molecule has 3 heteroatoms.